The largest absolute Gasteiger partial charge is 0.493 e. The summed E-state index contributed by atoms with van der Waals surface area (Å²) in [5.74, 6) is 1.70. The van der Waals surface area contributed by atoms with E-state index < -0.39 is 0 Å². The first-order valence-electron chi connectivity index (χ1n) is 8.11. The molecule has 2 saturated heterocycles. The van der Waals surface area contributed by atoms with E-state index in [1.807, 2.05) is 24.3 Å². The average molecular weight is 290 g/mol. The highest BCUT2D eigenvalue weighted by atomic mass is 16.5. The number of nitrogens with one attached hydrogen (secondary N) is 1. The molecule has 0 radical (unpaired) electrons. The predicted molar refractivity (Wildman–Crippen MR) is 84.1 cm³/mol. The minimum atomic E-state index is 0.314. The molecular formula is C17H26N2O2. The minimum Gasteiger partial charge on any atom is -0.493 e. The Hall–Kier alpha value is -1.26. The fourth-order valence-corrected chi connectivity index (χ4v) is 3.40. The van der Waals surface area contributed by atoms with Gasteiger partial charge in [-0.25, -0.2) is 0 Å². The normalized spacial score (nSPS) is 24.7. The minimum absolute atomic E-state index is 0.314. The van der Waals surface area contributed by atoms with Gasteiger partial charge in [-0.15, -0.1) is 0 Å². The predicted octanol–water partition coefficient (Wildman–Crippen LogP) is 2.29. The molecule has 4 nitrogen and oxygen atoms in total. The Morgan fingerprint density at radius 3 is 2.52 bits per heavy atom. The van der Waals surface area contributed by atoms with Crippen molar-refractivity contribution in [3.63, 3.8) is 0 Å². The number of rotatable bonds is 4. The van der Waals surface area contributed by atoms with Gasteiger partial charge in [0, 0.05) is 25.7 Å². The van der Waals surface area contributed by atoms with E-state index in [0.717, 1.165) is 50.0 Å². The Bertz CT molecular complexity index is 438. The highest BCUT2D eigenvalue weighted by Crippen LogP contribution is 2.29. The summed E-state index contributed by atoms with van der Waals surface area (Å²) in [4.78, 5) is 2.63. The Balaban J connectivity index is 1.51. The molecule has 0 saturated carbocycles. The maximum Gasteiger partial charge on any atom is 0.161 e. The van der Waals surface area contributed by atoms with Crippen LogP contribution in [0.25, 0.3) is 0 Å². The van der Waals surface area contributed by atoms with Gasteiger partial charge in [0.15, 0.2) is 11.5 Å². The summed E-state index contributed by atoms with van der Waals surface area (Å²) < 4.78 is 11.5. The van der Waals surface area contributed by atoms with Crippen molar-refractivity contribution in [2.75, 3.05) is 33.3 Å². The highest BCUT2D eigenvalue weighted by Gasteiger charge is 2.27. The summed E-state index contributed by atoms with van der Waals surface area (Å²) in [5, 5.41) is 3.51. The van der Waals surface area contributed by atoms with Crippen LogP contribution in [0, 0.1) is 0 Å². The average Bonchev–Trinajstić information content (AvgIpc) is 2.57. The van der Waals surface area contributed by atoms with Gasteiger partial charge in [0.2, 0.25) is 0 Å². The van der Waals surface area contributed by atoms with Crippen LogP contribution in [-0.4, -0.2) is 50.3 Å². The number of piperidine rings is 2. The first-order chi connectivity index (χ1) is 10.4. The van der Waals surface area contributed by atoms with Crippen molar-refractivity contribution in [2.45, 2.75) is 37.8 Å². The van der Waals surface area contributed by atoms with E-state index in [0.29, 0.717) is 6.10 Å². The van der Waals surface area contributed by atoms with Crippen LogP contribution in [-0.2, 0) is 0 Å². The molecule has 2 fully saturated rings. The van der Waals surface area contributed by atoms with E-state index in [1.54, 1.807) is 7.11 Å². The molecule has 0 amide bonds. The smallest absolute Gasteiger partial charge is 0.161 e. The molecule has 0 aliphatic carbocycles. The van der Waals surface area contributed by atoms with Gasteiger partial charge in [-0.05, 0) is 44.4 Å². The van der Waals surface area contributed by atoms with Gasteiger partial charge in [0.1, 0.15) is 6.10 Å². The molecule has 21 heavy (non-hydrogen) atoms. The first kappa shape index (κ1) is 14.7. The number of nitrogens with zero attached hydrogens (tertiary/aromatic N) is 1. The van der Waals surface area contributed by atoms with Crippen LogP contribution in [0.5, 0.6) is 11.5 Å². The lowest BCUT2D eigenvalue weighted by Crippen LogP contribution is -2.50. The molecule has 2 aliphatic rings. The Labute approximate surface area is 127 Å². The van der Waals surface area contributed by atoms with Crippen LogP contribution in [0.15, 0.2) is 24.3 Å². The van der Waals surface area contributed by atoms with Crippen molar-refractivity contribution in [3.8, 4) is 11.5 Å². The SMILES string of the molecule is COc1ccccc1OC1CCN([C@H]2CCCNC2)CC1. The summed E-state index contributed by atoms with van der Waals surface area (Å²) in [6.07, 6.45) is 5.17. The molecule has 1 N–H and O–H groups in total. The molecule has 0 aromatic heterocycles. The molecular weight excluding hydrogens is 264 g/mol. The van der Waals surface area contributed by atoms with Crippen molar-refractivity contribution >= 4 is 0 Å². The molecule has 116 valence electrons. The van der Waals surface area contributed by atoms with Gasteiger partial charge in [-0.2, -0.15) is 0 Å². The summed E-state index contributed by atoms with van der Waals surface area (Å²) in [7, 11) is 1.70. The van der Waals surface area contributed by atoms with Gasteiger partial charge in [-0.3, -0.25) is 4.90 Å². The molecule has 3 rings (SSSR count). The Morgan fingerprint density at radius 1 is 1.10 bits per heavy atom. The van der Waals surface area contributed by atoms with E-state index >= 15 is 0 Å². The lowest BCUT2D eigenvalue weighted by Gasteiger charge is -2.39. The van der Waals surface area contributed by atoms with Crippen LogP contribution in [0.4, 0.5) is 0 Å². The van der Waals surface area contributed by atoms with E-state index in [4.69, 9.17) is 9.47 Å². The molecule has 0 bridgehead atoms. The van der Waals surface area contributed by atoms with E-state index in [1.165, 1.54) is 19.4 Å². The van der Waals surface area contributed by atoms with Crippen LogP contribution in [0.1, 0.15) is 25.7 Å². The van der Waals surface area contributed by atoms with E-state index in [2.05, 4.69) is 10.2 Å². The number of ether oxygens (including phenoxy) is 2. The molecule has 0 unspecified atom stereocenters. The molecule has 1 atom stereocenters. The number of para-hydroxylation sites is 2. The zero-order valence-electron chi connectivity index (χ0n) is 12.9. The number of hydrogen-bond acceptors (Lipinski definition) is 4. The lowest BCUT2D eigenvalue weighted by molar-refractivity contribution is 0.0657. The first-order valence-corrected chi connectivity index (χ1v) is 8.11. The fourth-order valence-electron chi connectivity index (χ4n) is 3.40. The Kier molecular flexibility index (Phi) is 4.99. The second-order valence-electron chi connectivity index (χ2n) is 6.00. The third-order valence-corrected chi connectivity index (χ3v) is 4.63. The topological polar surface area (TPSA) is 33.7 Å². The summed E-state index contributed by atoms with van der Waals surface area (Å²) in [6, 6.07) is 8.66. The monoisotopic (exact) mass is 290 g/mol. The lowest BCUT2D eigenvalue weighted by atomic mass is 10.0. The van der Waals surface area contributed by atoms with Crippen LogP contribution < -0.4 is 14.8 Å². The second kappa shape index (κ2) is 7.14. The van der Waals surface area contributed by atoms with Gasteiger partial charge in [-0.1, -0.05) is 12.1 Å². The molecule has 2 heterocycles. The number of methoxy groups -OCH3 is 1. The van der Waals surface area contributed by atoms with Crippen molar-refractivity contribution in [3.05, 3.63) is 24.3 Å². The Morgan fingerprint density at radius 2 is 1.86 bits per heavy atom. The fraction of sp³-hybridized carbons (Fsp3) is 0.647. The van der Waals surface area contributed by atoms with Gasteiger partial charge >= 0.3 is 0 Å². The molecule has 4 heteroatoms. The van der Waals surface area contributed by atoms with Crippen LogP contribution in [0.3, 0.4) is 0 Å². The number of hydrogen-bond donors (Lipinski definition) is 1. The zero-order valence-corrected chi connectivity index (χ0v) is 12.9. The number of benzene rings is 1. The maximum atomic E-state index is 6.15. The van der Waals surface area contributed by atoms with Crippen molar-refractivity contribution in [1.82, 2.24) is 10.2 Å². The molecule has 1 aromatic carbocycles. The second-order valence-corrected chi connectivity index (χ2v) is 6.00. The summed E-state index contributed by atoms with van der Waals surface area (Å²) in [5.41, 5.74) is 0. The van der Waals surface area contributed by atoms with E-state index in [-0.39, 0.29) is 0 Å². The van der Waals surface area contributed by atoms with Crippen molar-refractivity contribution in [2.24, 2.45) is 0 Å². The van der Waals surface area contributed by atoms with Gasteiger partial charge in [0.05, 0.1) is 7.11 Å². The van der Waals surface area contributed by atoms with Crippen molar-refractivity contribution < 1.29 is 9.47 Å². The zero-order chi connectivity index (χ0) is 14.5. The quantitative estimate of drug-likeness (QED) is 0.922. The van der Waals surface area contributed by atoms with Gasteiger partial charge < -0.3 is 14.8 Å². The van der Waals surface area contributed by atoms with Crippen LogP contribution >= 0.6 is 0 Å². The number of likely N-dealkylation sites (tertiary alicyclic amines) is 1. The third kappa shape index (κ3) is 3.69. The highest BCUT2D eigenvalue weighted by molar-refractivity contribution is 5.39. The summed E-state index contributed by atoms with van der Waals surface area (Å²) >= 11 is 0. The van der Waals surface area contributed by atoms with Crippen LogP contribution in [0.2, 0.25) is 0 Å². The van der Waals surface area contributed by atoms with Gasteiger partial charge in [0.25, 0.3) is 0 Å². The third-order valence-electron chi connectivity index (χ3n) is 4.63. The summed E-state index contributed by atoms with van der Waals surface area (Å²) in [6.45, 7) is 4.63. The molecule has 1 aromatic rings. The molecule has 0 spiro atoms. The van der Waals surface area contributed by atoms with E-state index in [9.17, 15) is 0 Å². The standard InChI is InChI=1S/C17H26N2O2/c1-20-16-6-2-3-7-17(16)21-15-8-11-19(12-9-15)14-5-4-10-18-13-14/h2-3,6-7,14-15,18H,4-5,8-13H2,1H3/t14-/m0/s1. The maximum absolute atomic E-state index is 6.15. The van der Waals surface area contributed by atoms with Crippen molar-refractivity contribution in [1.29, 1.82) is 0 Å². The molecule has 2 aliphatic heterocycles.